The first kappa shape index (κ1) is 16.9. The second-order valence-electron chi connectivity index (χ2n) is 5.80. The molecule has 1 aromatic rings. The van der Waals surface area contributed by atoms with Crippen LogP contribution in [0.15, 0.2) is 29.8 Å². The van der Waals surface area contributed by atoms with Gasteiger partial charge < -0.3 is 4.90 Å². The fraction of sp³-hybridized carbons (Fsp3) is 0.471. The highest BCUT2D eigenvalue weighted by Gasteiger charge is 2.26. The van der Waals surface area contributed by atoms with E-state index < -0.39 is 0 Å². The van der Waals surface area contributed by atoms with Gasteiger partial charge in [-0.05, 0) is 57.5 Å². The van der Waals surface area contributed by atoms with E-state index in [1.807, 2.05) is 14.1 Å². The van der Waals surface area contributed by atoms with Gasteiger partial charge in [-0.3, -0.25) is 4.79 Å². The largest absolute Gasteiger partial charge is 0.309 e. The minimum atomic E-state index is 0. The molecule has 0 heterocycles. The van der Waals surface area contributed by atoms with Crippen LogP contribution < -0.4 is 0 Å². The highest BCUT2D eigenvalue weighted by molar-refractivity contribution is 6.01. The van der Waals surface area contributed by atoms with Gasteiger partial charge in [-0.25, -0.2) is 0 Å². The highest BCUT2D eigenvalue weighted by Crippen LogP contribution is 2.27. The Morgan fingerprint density at radius 1 is 1.25 bits per heavy atom. The van der Waals surface area contributed by atoms with Crippen molar-refractivity contribution in [3.05, 3.63) is 41.0 Å². The van der Waals surface area contributed by atoms with Crippen molar-refractivity contribution in [2.24, 2.45) is 5.92 Å². The third kappa shape index (κ3) is 4.46. The maximum atomic E-state index is 12.4. The van der Waals surface area contributed by atoms with Crippen LogP contribution in [0.3, 0.4) is 0 Å². The quantitative estimate of drug-likeness (QED) is 0.792. The number of hydrogen-bond donors (Lipinski definition) is 0. The fourth-order valence-corrected chi connectivity index (χ4v) is 2.68. The van der Waals surface area contributed by atoms with Gasteiger partial charge in [0.05, 0.1) is 0 Å². The summed E-state index contributed by atoms with van der Waals surface area (Å²) in [5, 5.41) is 0. The van der Waals surface area contributed by atoms with Gasteiger partial charge in [0.2, 0.25) is 0 Å². The Bertz CT molecular complexity index is 476. The van der Waals surface area contributed by atoms with Gasteiger partial charge >= 0.3 is 0 Å². The minimum Gasteiger partial charge on any atom is -0.309 e. The van der Waals surface area contributed by atoms with Crippen LogP contribution in [0.25, 0.3) is 6.08 Å². The summed E-state index contributed by atoms with van der Waals surface area (Å²) in [6.07, 6.45) is 5.16. The SMILES string of the molecule is Cc1ccc(C=C2CCCC(CN(C)C)C2=O)cc1.Cl. The van der Waals surface area contributed by atoms with E-state index in [-0.39, 0.29) is 18.3 Å². The minimum absolute atomic E-state index is 0. The number of nitrogens with zero attached hydrogens (tertiary/aromatic N) is 1. The molecule has 0 spiro atoms. The maximum absolute atomic E-state index is 12.4. The molecule has 1 fully saturated rings. The summed E-state index contributed by atoms with van der Waals surface area (Å²) in [5.74, 6) is 0.529. The van der Waals surface area contributed by atoms with E-state index in [2.05, 4.69) is 42.2 Å². The number of hydrogen-bond acceptors (Lipinski definition) is 2. The molecule has 1 saturated carbocycles. The molecule has 0 aromatic heterocycles. The lowest BCUT2D eigenvalue weighted by molar-refractivity contribution is -0.120. The van der Waals surface area contributed by atoms with Crippen LogP contribution in [0.5, 0.6) is 0 Å². The molecule has 110 valence electrons. The Hall–Kier alpha value is -1.12. The third-order valence-electron chi connectivity index (χ3n) is 3.69. The topological polar surface area (TPSA) is 20.3 Å². The smallest absolute Gasteiger partial charge is 0.163 e. The summed E-state index contributed by atoms with van der Waals surface area (Å²) in [7, 11) is 4.07. The number of carbonyl (C=O) groups excluding carboxylic acids is 1. The summed E-state index contributed by atoms with van der Waals surface area (Å²) in [4.78, 5) is 14.5. The second kappa shape index (κ2) is 7.61. The number of aryl methyl sites for hydroxylation is 1. The van der Waals surface area contributed by atoms with Crippen LogP contribution in [0.2, 0.25) is 0 Å². The van der Waals surface area contributed by atoms with Crippen molar-refractivity contribution < 1.29 is 4.79 Å². The number of benzene rings is 1. The molecule has 1 aliphatic rings. The van der Waals surface area contributed by atoms with Crippen LogP contribution in [-0.4, -0.2) is 31.3 Å². The Kier molecular flexibility index (Phi) is 6.44. The normalized spacial score (nSPS) is 21.1. The standard InChI is InChI=1S/C17H23NO.ClH/c1-13-7-9-14(10-8-13)11-15-5-4-6-16(17(15)19)12-18(2)3;/h7-11,16H,4-6,12H2,1-3H3;1H. The zero-order valence-electron chi connectivity index (χ0n) is 12.6. The molecule has 0 saturated heterocycles. The summed E-state index contributed by atoms with van der Waals surface area (Å²) >= 11 is 0. The molecule has 1 aliphatic carbocycles. The van der Waals surface area contributed by atoms with Gasteiger partial charge in [0.1, 0.15) is 0 Å². The lowest BCUT2D eigenvalue weighted by Gasteiger charge is -2.25. The van der Waals surface area contributed by atoms with Crippen molar-refractivity contribution in [1.82, 2.24) is 4.90 Å². The van der Waals surface area contributed by atoms with E-state index in [1.165, 1.54) is 5.56 Å². The van der Waals surface area contributed by atoms with Crippen molar-refractivity contribution in [2.45, 2.75) is 26.2 Å². The fourth-order valence-electron chi connectivity index (χ4n) is 2.68. The van der Waals surface area contributed by atoms with Crippen LogP contribution in [0.1, 0.15) is 30.4 Å². The predicted octanol–water partition coefficient (Wildman–Crippen LogP) is 3.73. The first-order chi connectivity index (χ1) is 9.06. The van der Waals surface area contributed by atoms with Gasteiger partial charge in [0.25, 0.3) is 0 Å². The highest BCUT2D eigenvalue weighted by atomic mass is 35.5. The molecule has 0 radical (unpaired) electrons. The average Bonchev–Trinajstić information content (AvgIpc) is 2.36. The molecule has 0 amide bonds. The summed E-state index contributed by atoms with van der Waals surface area (Å²) in [5.41, 5.74) is 3.39. The molecule has 1 unspecified atom stereocenters. The maximum Gasteiger partial charge on any atom is 0.163 e. The monoisotopic (exact) mass is 293 g/mol. The van der Waals surface area contributed by atoms with Crippen LogP contribution in [-0.2, 0) is 4.79 Å². The van der Waals surface area contributed by atoms with Crippen molar-refractivity contribution >= 4 is 24.3 Å². The number of allylic oxidation sites excluding steroid dienone is 1. The third-order valence-corrected chi connectivity index (χ3v) is 3.69. The molecule has 2 nitrogen and oxygen atoms in total. The molecular formula is C17H24ClNO. The molecule has 1 aromatic carbocycles. The number of halogens is 1. The molecule has 0 bridgehead atoms. The number of carbonyl (C=O) groups is 1. The Morgan fingerprint density at radius 2 is 1.90 bits per heavy atom. The van der Waals surface area contributed by atoms with E-state index in [0.717, 1.165) is 36.9 Å². The van der Waals surface area contributed by atoms with Crippen LogP contribution >= 0.6 is 12.4 Å². The Morgan fingerprint density at radius 3 is 2.50 bits per heavy atom. The van der Waals surface area contributed by atoms with Gasteiger partial charge in [-0.2, -0.15) is 0 Å². The van der Waals surface area contributed by atoms with Gasteiger partial charge in [-0.15, -0.1) is 12.4 Å². The van der Waals surface area contributed by atoms with E-state index in [9.17, 15) is 4.79 Å². The average molecular weight is 294 g/mol. The van der Waals surface area contributed by atoms with Crippen molar-refractivity contribution in [3.8, 4) is 0 Å². The molecule has 1 atom stereocenters. The second-order valence-corrected chi connectivity index (χ2v) is 5.80. The van der Waals surface area contributed by atoms with Gasteiger partial charge in [0, 0.05) is 12.5 Å². The molecule has 2 rings (SSSR count). The lowest BCUT2D eigenvalue weighted by Crippen LogP contribution is -2.31. The first-order valence-electron chi connectivity index (χ1n) is 7.02. The molecular weight excluding hydrogens is 270 g/mol. The predicted molar refractivity (Wildman–Crippen MR) is 87.3 cm³/mol. The lowest BCUT2D eigenvalue weighted by atomic mass is 9.83. The first-order valence-corrected chi connectivity index (χ1v) is 7.02. The zero-order chi connectivity index (χ0) is 13.8. The van der Waals surface area contributed by atoms with E-state index in [4.69, 9.17) is 0 Å². The molecule has 20 heavy (non-hydrogen) atoms. The van der Waals surface area contributed by atoms with Crippen LogP contribution in [0.4, 0.5) is 0 Å². The summed E-state index contributed by atoms with van der Waals surface area (Å²) < 4.78 is 0. The van der Waals surface area contributed by atoms with Gasteiger partial charge in [0.15, 0.2) is 5.78 Å². The van der Waals surface area contributed by atoms with Crippen molar-refractivity contribution in [1.29, 1.82) is 0 Å². The Labute approximate surface area is 128 Å². The molecule has 0 aliphatic heterocycles. The summed E-state index contributed by atoms with van der Waals surface area (Å²) in [6.45, 7) is 2.94. The van der Waals surface area contributed by atoms with Gasteiger partial charge in [-0.1, -0.05) is 29.8 Å². The number of rotatable bonds is 3. The zero-order valence-corrected chi connectivity index (χ0v) is 13.4. The van der Waals surface area contributed by atoms with Crippen LogP contribution in [0, 0.1) is 12.8 Å². The van der Waals surface area contributed by atoms with E-state index >= 15 is 0 Å². The summed E-state index contributed by atoms with van der Waals surface area (Å²) in [6, 6.07) is 8.37. The molecule has 0 N–H and O–H groups in total. The van der Waals surface area contributed by atoms with E-state index in [1.54, 1.807) is 0 Å². The number of ketones is 1. The Balaban J connectivity index is 0.00000200. The number of Topliss-reactive ketones (excluding diaryl/α,β-unsaturated/α-hetero) is 1. The van der Waals surface area contributed by atoms with Crippen molar-refractivity contribution in [2.75, 3.05) is 20.6 Å². The van der Waals surface area contributed by atoms with Crippen molar-refractivity contribution in [3.63, 3.8) is 0 Å². The molecule has 3 heteroatoms. The van der Waals surface area contributed by atoms with E-state index in [0.29, 0.717) is 5.78 Å².